The predicted octanol–water partition coefficient (Wildman–Crippen LogP) is 0.856. The fraction of sp³-hybridized carbons (Fsp3) is 0.333. The van der Waals surface area contributed by atoms with Gasteiger partial charge in [0.25, 0.3) is 0 Å². The van der Waals surface area contributed by atoms with Crippen LogP contribution in [0.2, 0.25) is 0 Å². The topological polar surface area (TPSA) is 74.8 Å². The Morgan fingerprint density at radius 1 is 1.80 bits per heavy atom. The fourth-order valence-electron chi connectivity index (χ4n) is 0.109. The molecule has 52 valence electrons. The van der Waals surface area contributed by atoms with Crippen molar-refractivity contribution in [2.45, 2.75) is 6.92 Å². The van der Waals surface area contributed by atoms with Crippen molar-refractivity contribution in [3.8, 4) is 24.2 Å². The Morgan fingerprint density at radius 2 is 2.40 bits per heavy atom. The van der Waals surface area contributed by atoms with Crippen molar-refractivity contribution in [3.63, 3.8) is 0 Å². The van der Waals surface area contributed by atoms with Crippen LogP contribution in [0.4, 0.5) is 0 Å². The van der Waals surface area contributed by atoms with E-state index >= 15 is 0 Å². The lowest BCUT2D eigenvalue weighted by Gasteiger charge is -1.60. The second-order valence-electron chi connectivity index (χ2n) is 0.933. The van der Waals surface area contributed by atoms with Crippen molar-refractivity contribution >= 4 is 0 Å². The number of terminal acetylenes is 1. The summed E-state index contributed by atoms with van der Waals surface area (Å²) in [6.45, 7) is 1.76. The predicted molar refractivity (Wildman–Crippen MR) is 40.5 cm³/mol. The molecule has 0 atom stereocenters. The summed E-state index contributed by atoms with van der Waals surface area (Å²) in [6, 6.07) is 0. The maximum Gasteiger partial charge on any atom is 0.0720 e. The lowest BCUT2D eigenvalue weighted by atomic mass is 10.6. The zero-order valence-corrected chi connectivity index (χ0v) is 5.70. The highest BCUT2D eigenvalue weighted by atomic mass is 15.2. The van der Waals surface area contributed by atoms with Gasteiger partial charge in [0.05, 0.1) is 6.67 Å². The Morgan fingerprint density at radius 3 is 2.40 bits per heavy atom. The normalized spacial score (nSPS) is 4.50. The van der Waals surface area contributed by atoms with Crippen LogP contribution >= 0.6 is 0 Å². The van der Waals surface area contributed by atoms with Gasteiger partial charge in [-0.1, -0.05) is 11.0 Å². The Balaban J connectivity index is 0. The van der Waals surface area contributed by atoms with Gasteiger partial charge < -0.3 is 5.73 Å². The average Bonchev–Trinajstić information content (AvgIpc) is 1.93. The molecule has 0 aliphatic heterocycles. The molecule has 0 saturated carbocycles. The zero-order valence-electron chi connectivity index (χ0n) is 5.70. The molecule has 0 saturated heterocycles. The number of azide groups is 1. The van der Waals surface area contributed by atoms with Gasteiger partial charge >= 0.3 is 0 Å². The first kappa shape index (κ1) is 11.2. The summed E-state index contributed by atoms with van der Waals surface area (Å²) in [7, 11) is 0. The highest BCUT2D eigenvalue weighted by Gasteiger charge is 1.50. The molecule has 0 rings (SSSR count). The SMILES string of the molecule is C#CC#CC.[N-]=[N+]=NCN. The van der Waals surface area contributed by atoms with Crippen LogP contribution in [0.1, 0.15) is 6.92 Å². The standard InChI is InChI=1S/C5H4.CH4N4/c1-3-5-4-2;2-1-4-5-3/h1H,2H3;1-2H2. The molecule has 0 radical (unpaired) electrons. The van der Waals surface area contributed by atoms with E-state index in [4.69, 9.17) is 17.7 Å². The smallest absolute Gasteiger partial charge is 0.0720 e. The van der Waals surface area contributed by atoms with E-state index in [-0.39, 0.29) is 6.67 Å². The van der Waals surface area contributed by atoms with Crippen molar-refractivity contribution in [3.05, 3.63) is 10.4 Å². The zero-order chi connectivity index (χ0) is 8.24. The van der Waals surface area contributed by atoms with E-state index in [1.165, 1.54) is 0 Å². The van der Waals surface area contributed by atoms with E-state index in [0.29, 0.717) is 0 Å². The molecule has 0 aromatic carbocycles. The van der Waals surface area contributed by atoms with Gasteiger partial charge in [-0.05, 0) is 24.3 Å². The van der Waals surface area contributed by atoms with Crippen LogP contribution in [0.15, 0.2) is 5.11 Å². The summed E-state index contributed by atoms with van der Waals surface area (Å²) in [5.74, 6) is 7.08. The van der Waals surface area contributed by atoms with Gasteiger partial charge in [-0.25, -0.2) is 0 Å². The highest BCUT2D eigenvalue weighted by Crippen LogP contribution is 1.53. The molecule has 0 aromatic rings. The minimum absolute atomic E-state index is 0.0521. The van der Waals surface area contributed by atoms with Gasteiger partial charge in [-0.15, -0.1) is 6.42 Å². The second kappa shape index (κ2) is 15.7. The van der Waals surface area contributed by atoms with E-state index in [9.17, 15) is 0 Å². The van der Waals surface area contributed by atoms with Crippen molar-refractivity contribution in [2.24, 2.45) is 10.8 Å². The monoisotopic (exact) mass is 136 g/mol. The molecule has 0 bridgehead atoms. The molecule has 0 aromatic heterocycles. The fourth-order valence-corrected chi connectivity index (χ4v) is 0.109. The quantitative estimate of drug-likeness (QED) is 0.247. The Labute approximate surface area is 60.0 Å². The molecule has 0 aliphatic rings. The third kappa shape index (κ3) is 32.5. The van der Waals surface area contributed by atoms with Gasteiger partial charge in [-0.3, -0.25) is 0 Å². The largest absolute Gasteiger partial charge is 0.325 e. The summed E-state index contributed by atoms with van der Waals surface area (Å²) in [4.78, 5) is 2.35. The molecule has 4 heteroatoms. The highest BCUT2D eigenvalue weighted by molar-refractivity contribution is 5.20. The van der Waals surface area contributed by atoms with Crippen LogP contribution in [0.3, 0.4) is 0 Å². The van der Waals surface area contributed by atoms with Crippen LogP contribution in [-0.4, -0.2) is 6.67 Å². The first-order chi connectivity index (χ1) is 4.83. The molecule has 0 fully saturated rings. The maximum absolute atomic E-state index is 7.44. The first-order valence-corrected chi connectivity index (χ1v) is 2.41. The molecule has 2 N–H and O–H groups in total. The summed E-state index contributed by atoms with van der Waals surface area (Å²) >= 11 is 0. The summed E-state index contributed by atoms with van der Waals surface area (Å²) in [5, 5.41) is 2.93. The molecule has 10 heavy (non-hydrogen) atoms. The van der Waals surface area contributed by atoms with E-state index in [2.05, 4.69) is 27.8 Å². The minimum Gasteiger partial charge on any atom is -0.325 e. The van der Waals surface area contributed by atoms with Crippen LogP contribution in [-0.2, 0) is 0 Å². The first-order valence-electron chi connectivity index (χ1n) is 2.41. The number of rotatable bonds is 1. The number of nitrogens with zero attached hydrogens (tertiary/aromatic N) is 3. The van der Waals surface area contributed by atoms with Crippen molar-refractivity contribution in [2.75, 3.05) is 6.67 Å². The molecule has 0 spiro atoms. The lowest BCUT2D eigenvalue weighted by Crippen LogP contribution is -1.89. The van der Waals surface area contributed by atoms with Gasteiger partial charge in [-0.2, -0.15) is 0 Å². The molecular formula is C6H8N4. The van der Waals surface area contributed by atoms with Crippen LogP contribution in [0.5, 0.6) is 0 Å². The van der Waals surface area contributed by atoms with Gasteiger partial charge in [0.1, 0.15) is 0 Å². The lowest BCUT2D eigenvalue weighted by molar-refractivity contribution is 1.05. The van der Waals surface area contributed by atoms with Crippen LogP contribution in [0.25, 0.3) is 10.4 Å². The summed E-state index contributed by atoms with van der Waals surface area (Å²) in [5.41, 5.74) is 12.2. The number of hydrogen-bond donors (Lipinski definition) is 1. The third-order valence-electron chi connectivity index (χ3n) is 0.342. The van der Waals surface area contributed by atoms with Gasteiger partial charge in [0, 0.05) is 4.91 Å². The van der Waals surface area contributed by atoms with Crippen molar-refractivity contribution < 1.29 is 0 Å². The molecule has 0 amide bonds. The Bertz CT molecular complexity index is 196. The Hall–Kier alpha value is -1.61. The summed E-state index contributed by atoms with van der Waals surface area (Å²) < 4.78 is 0. The average molecular weight is 136 g/mol. The third-order valence-corrected chi connectivity index (χ3v) is 0.342. The molecule has 0 aliphatic carbocycles. The number of nitrogens with two attached hydrogens (primary N) is 1. The van der Waals surface area contributed by atoms with Crippen LogP contribution < -0.4 is 5.73 Å². The van der Waals surface area contributed by atoms with Gasteiger partial charge in [0.15, 0.2) is 0 Å². The summed E-state index contributed by atoms with van der Waals surface area (Å²) in [6.07, 6.45) is 4.72. The van der Waals surface area contributed by atoms with Crippen molar-refractivity contribution in [1.29, 1.82) is 0 Å². The Kier molecular flexibility index (Phi) is 17.6. The maximum atomic E-state index is 7.44. The minimum atomic E-state index is 0.0521. The van der Waals surface area contributed by atoms with Gasteiger partial charge in [0.2, 0.25) is 0 Å². The second-order valence-corrected chi connectivity index (χ2v) is 0.933. The number of hydrogen-bond acceptors (Lipinski definition) is 2. The van der Waals surface area contributed by atoms with E-state index in [1.54, 1.807) is 6.92 Å². The molecule has 4 nitrogen and oxygen atoms in total. The van der Waals surface area contributed by atoms with E-state index in [1.807, 2.05) is 0 Å². The molecule has 0 unspecified atom stereocenters. The van der Waals surface area contributed by atoms with E-state index in [0.717, 1.165) is 0 Å². The molecular weight excluding hydrogens is 128 g/mol. The molecule has 0 heterocycles. The van der Waals surface area contributed by atoms with Crippen LogP contribution in [0, 0.1) is 24.2 Å². The van der Waals surface area contributed by atoms with Crippen molar-refractivity contribution in [1.82, 2.24) is 0 Å². The van der Waals surface area contributed by atoms with E-state index < -0.39 is 0 Å².